The molecule has 1 aliphatic carbocycles. The van der Waals surface area contributed by atoms with Crippen molar-refractivity contribution in [3.05, 3.63) is 62.8 Å². The van der Waals surface area contributed by atoms with Crippen molar-refractivity contribution in [1.82, 2.24) is 4.90 Å². The molecule has 1 saturated heterocycles. The van der Waals surface area contributed by atoms with Crippen LogP contribution in [0.25, 0.3) is 0 Å². The van der Waals surface area contributed by atoms with Gasteiger partial charge in [0.1, 0.15) is 11.4 Å². The molecule has 0 spiro atoms. The van der Waals surface area contributed by atoms with Crippen LogP contribution in [0.1, 0.15) is 31.2 Å². The van der Waals surface area contributed by atoms with Gasteiger partial charge in [0.25, 0.3) is 0 Å². The molecule has 1 aliphatic heterocycles. The fraction of sp³-hybridized carbons (Fsp3) is 0.435. The van der Waals surface area contributed by atoms with Crippen LogP contribution in [-0.4, -0.2) is 46.7 Å². The van der Waals surface area contributed by atoms with Gasteiger partial charge in [0.2, 0.25) is 5.91 Å². The Kier molecular flexibility index (Phi) is 6.74. The van der Waals surface area contributed by atoms with Gasteiger partial charge >= 0.3 is 0 Å². The third kappa shape index (κ3) is 4.25. The van der Waals surface area contributed by atoms with Gasteiger partial charge in [-0.2, -0.15) is 0 Å². The largest absolute Gasteiger partial charge is 0.395 e. The zero-order valence-electron chi connectivity index (χ0n) is 17.5. The van der Waals surface area contributed by atoms with Gasteiger partial charge in [0.15, 0.2) is 0 Å². The Morgan fingerprint density at radius 2 is 1.97 bits per heavy atom. The van der Waals surface area contributed by atoms with Crippen molar-refractivity contribution in [1.29, 1.82) is 0 Å². The lowest BCUT2D eigenvalue weighted by molar-refractivity contribution is -0.127. The normalized spacial score (nSPS) is 28.2. The minimum Gasteiger partial charge on any atom is -0.395 e. The van der Waals surface area contributed by atoms with Crippen LogP contribution < -0.4 is 11.1 Å². The Morgan fingerprint density at radius 1 is 1.25 bits per heavy atom. The van der Waals surface area contributed by atoms with Crippen molar-refractivity contribution >= 4 is 46.4 Å². The number of likely N-dealkylation sites (tertiary alicyclic amines) is 1. The molecule has 2 aromatic rings. The average Bonchev–Trinajstić information content (AvgIpc) is 3.52. The van der Waals surface area contributed by atoms with Gasteiger partial charge in [-0.15, -0.1) is 0 Å². The Labute approximate surface area is 201 Å². The van der Waals surface area contributed by atoms with Gasteiger partial charge in [-0.3, -0.25) is 9.69 Å². The zero-order chi connectivity index (χ0) is 23.2. The Morgan fingerprint density at radius 3 is 2.59 bits per heavy atom. The van der Waals surface area contributed by atoms with Crippen LogP contribution >= 0.6 is 34.8 Å². The fourth-order valence-electron chi connectivity index (χ4n) is 4.86. The van der Waals surface area contributed by atoms with Crippen LogP contribution in [-0.2, 0) is 4.79 Å². The van der Waals surface area contributed by atoms with E-state index in [1.165, 1.54) is 12.1 Å². The zero-order valence-corrected chi connectivity index (χ0v) is 19.8. The summed E-state index contributed by atoms with van der Waals surface area (Å²) in [4.78, 5) is 15.7. The van der Waals surface area contributed by atoms with Crippen LogP contribution in [0.15, 0.2) is 36.4 Å². The van der Waals surface area contributed by atoms with Crippen LogP contribution in [0.2, 0.25) is 15.1 Å². The molecule has 32 heavy (non-hydrogen) atoms. The first-order valence-corrected chi connectivity index (χ1v) is 11.6. The summed E-state index contributed by atoms with van der Waals surface area (Å²) in [6.07, 6.45) is 2.08. The minimum atomic E-state index is -1.27. The monoisotopic (exact) mass is 499 g/mol. The number of carbonyl (C=O) groups excluding carboxylic acids is 1. The van der Waals surface area contributed by atoms with Crippen LogP contribution in [0.4, 0.5) is 10.1 Å². The lowest BCUT2D eigenvalue weighted by Crippen LogP contribution is -2.56. The molecule has 5 nitrogen and oxygen atoms in total. The van der Waals surface area contributed by atoms with E-state index >= 15 is 4.39 Å². The summed E-state index contributed by atoms with van der Waals surface area (Å²) in [6.45, 7) is 2.05. The second-order valence-corrected chi connectivity index (χ2v) is 10.1. The number of carbonyl (C=O) groups is 1. The number of anilines is 1. The molecule has 0 bridgehead atoms. The molecule has 172 valence electrons. The molecule has 9 heteroatoms. The van der Waals surface area contributed by atoms with E-state index in [-0.39, 0.29) is 28.1 Å². The SMILES string of the molecule is C[C@]1(C(=O)Nc2cccc(Cl)c2)[C@@H](c2cc(Cl)cc(Cl)c2F)[C@H](N)[C@H](CO)N1CC1CC1. The number of nitrogens with one attached hydrogen (secondary N) is 1. The van der Waals surface area contributed by atoms with E-state index in [1.807, 2.05) is 4.90 Å². The average molecular weight is 501 g/mol. The number of aliphatic hydroxyl groups excluding tert-OH is 1. The first-order chi connectivity index (χ1) is 15.2. The highest BCUT2D eigenvalue weighted by Gasteiger charge is 2.60. The minimum absolute atomic E-state index is 0.140. The van der Waals surface area contributed by atoms with Gasteiger partial charge in [0, 0.05) is 40.3 Å². The second-order valence-electron chi connectivity index (χ2n) is 8.80. The van der Waals surface area contributed by atoms with Crippen molar-refractivity contribution in [2.75, 3.05) is 18.5 Å². The molecule has 4 atom stereocenters. The highest BCUT2D eigenvalue weighted by molar-refractivity contribution is 6.34. The molecule has 4 N–H and O–H groups in total. The van der Waals surface area contributed by atoms with Gasteiger partial charge in [-0.1, -0.05) is 40.9 Å². The standard InChI is InChI=1S/C23H25Cl3FN3O2/c1-23(22(32)29-15-4-2-3-13(24)7-15)19(16-8-14(25)9-17(26)20(16)27)21(28)18(11-31)30(23)10-12-5-6-12/h2-4,7-9,12,18-19,21,31H,5-6,10-11,28H2,1H3,(H,29,32)/t18-,19-,21+,23+/m0/s1. The number of nitrogens with two attached hydrogens (primary N) is 1. The number of nitrogens with zero attached hydrogens (tertiary/aromatic N) is 1. The van der Waals surface area contributed by atoms with Crippen molar-refractivity contribution in [2.24, 2.45) is 11.7 Å². The van der Waals surface area contributed by atoms with E-state index in [4.69, 9.17) is 40.5 Å². The van der Waals surface area contributed by atoms with E-state index in [0.29, 0.717) is 23.2 Å². The molecule has 0 radical (unpaired) electrons. The lowest BCUT2D eigenvalue weighted by Gasteiger charge is -2.40. The third-order valence-corrected chi connectivity index (χ3v) is 7.40. The Balaban J connectivity index is 1.82. The molecule has 1 heterocycles. The summed E-state index contributed by atoms with van der Waals surface area (Å²) in [5.74, 6) is -1.43. The summed E-state index contributed by atoms with van der Waals surface area (Å²) in [7, 11) is 0. The molecule has 2 fully saturated rings. The van der Waals surface area contributed by atoms with Crippen molar-refractivity contribution in [3.8, 4) is 0 Å². The van der Waals surface area contributed by atoms with E-state index < -0.39 is 29.4 Å². The quantitative estimate of drug-likeness (QED) is 0.503. The maximum Gasteiger partial charge on any atom is 0.245 e. The highest BCUT2D eigenvalue weighted by atomic mass is 35.5. The summed E-state index contributed by atoms with van der Waals surface area (Å²) in [5.41, 5.74) is 6.00. The predicted molar refractivity (Wildman–Crippen MR) is 126 cm³/mol. The molecule has 4 rings (SSSR count). The molecule has 2 aromatic carbocycles. The molecular formula is C23H25Cl3FN3O2. The first kappa shape index (κ1) is 23.7. The number of hydrogen-bond acceptors (Lipinski definition) is 4. The molecule has 1 amide bonds. The Bertz CT molecular complexity index is 1040. The summed E-state index contributed by atoms with van der Waals surface area (Å²) in [5, 5.41) is 13.7. The first-order valence-electron chi connectivity index (χ1n) is 10.5. The number of halogens is 4. The lowest BCUT2D eigenvalue weighted by atomic mass is 9.77. The number of aliphatic hydroxyl groups is 1. The topological polar surface area (TPSA) is 78.6 Å². The molecular weight excluding hydrogens is 476 g/mol. The third-order valence-electron chi connectivity index (χ3n) is 6.67. The van der Waals surface area contributed by atoms with E-state index in [1.54, 1.807) is 31.2 Å². The number of rotatable bonds is 6. The summed E-state index contributed by atoms with van der Waals surface area (Å²) >= 11 is 18.4. The van der Waals surface area contributed by atoms with Gasteiger partial charge in [-0.05, 0) is 61.6 Å². The van der Waals surface area contributed by atoms with Crippen LogP contribution in [0, 0.1) is 11.7 Å². The van der Waals surface area contributed by atoms with Crippen LogP contribution in [0.5, 0.6) is 0 Å². The molecule has 0 unspecified atom stereocenters. The van der Waals surface area contributed by atoms with E-state index in [9.17, 15) is 9.90 Å². The predicted octanol–water partition coefficient (Wildman–Crippen LogP) is 4.68. The molecule has 0 aromatic heterocycles. The van der Waals surface area contributed by atoms with E-state index in [2.05, 4.69) is 5.32 Å². The van der Waals surface area contributed by atoms with Crippen molar-refractivity contribution in [3.63, 3.8) is 0 Å². The van der Waals surface area contributed by atoms with Gasteiger partial charge < -0.3 is 16.2 Å². The number of hydrogen-bond donors (Lipinski definition) is 3. The van der Waals surface area contributed by atoms with Gasteiger partial charge in [-0.25, -0.2) is 4.39 Å². The van der Waals surface area contributed by atoms with Crippen molar-refractivity contribution < 1.29 is 14.3 Å². The smallest absolute Gasteiger partial charge is 0.245 e. The summed E-state index contributed by atoms with van der Waals surface area (Å²) < 4.78 is 15.3. The highest BCUT2D eigenvalue weighted by Crippen LogP contribution is 2.49. The summed E-state index contributed by atoms with van der Waals surface area (Å²) in [6, 6.07) is 8.32. The van der Waals surface area contributed by atoms with Crippen LogP contribution in [0.3, 0.4) is 0 Å². The van der Waals surface area contributed by atoms with Gasteiger partial charge in [0.05, 0.1) is 11.6 Å². The van der Waals surface area contributed by atoms with E-state index in [0.717, 1.165) is 12.8 Å². The Hall–Kier alpha value is -1.41. The number of benzene rings is 2. The number of amides is 1. The fourth-order valence-corrected chi connectivity index (χ4v) is 5.56. The van der Waals surface area contributed by atoms with Crippen molar-refractivity contribution in [2.45, 2.75) is 43.3 Å². The molecule has 2 aliphatic rings. The maximum absolute atomic E-state index is 15.3. The molecule has 1 saturated carbocycles. The second kappa shape index (κ2) is 9.09. The maximum atomic E-state index is 15.3.